The molecule has 6 rings (SSSR count). The minimum atomic E-state index is -0.209. The maximum atomic E-state index is 13.5. The van der Waals surface area contributed by atoms with Gasteiger partial charge in [-0.15, -0.1) is 0 Å². The number of benzene rings is 2. The zero-order chi connectivity index (χ0) is 23.0. The topological polar surface area (TPSA) is 99.3 Å². The van der Waals surface area contributed by atoms with Gasteiger partial charge in [-0.25, -0.2) is 0 Å². The number of amides is 2. The number of carbonyl (C=O) groups excluding carboxylic acids is 2. The fraction of sp³-hybridized carbons (Fsp3) is 0.444. The van der Waals surface area contributed by atoms with E-state index >= 15 is 0 Å². The Morgan fingerprint density at radius 2 is 1.48 bits per heavy atom. The first-order valence-electron chi connectivity index (χ1n) is 12.0. The Bertz CT molecular complexity index is 1010. The third-order valence-corrected chi connectivity index (χ3v) is 7.81. The molecule has 0 spiro atoms. The lowest BCUT2D eigenvalue weighted by molar-refractivity contribution is -0.118. The van der Waals surface area contributed by atoms with Crippen molar-refractivity contribution in [1.82, 2.24) is 4.90 Å². The van der Waals surface area contributed by atoms with Crippen LogP contribution in [0.15, 0.2) is 54.6 Å². The quantitative estimate of drug-likeness (QED) is 0.439. The van der Waals surface area contributed by atoms with E-state index in [0.29, 0.717) is 23.4 Å². The molecule has 2 aromatic carbocycles. The SMILES string of the molecule is N=C(N)c1ccc(NC(=O)CN(CC23CC4CC(CC(C4)C2)C3)C(=O)c2ccccc2)cc1. The van der Waals surface area contributed by atoms with Crippen LogP contribution in [0.25, 0.3) is 0 Å². The molecule has 0 radical (unpaired) electrons. The first-order valence-corrected chi connectivity index (χ1v) is 12.0. The first-order chi connectivity index (χ1) is 15.9. The second kappa shape index (κ2) is 8.65. The lowest BCUT2D eigenvalue weighted by atomic mass is 9.49. The number of hydrogen-bond donors (Lipinski definition) is 3. The van der Waals surface area contributed by atoms with Crippen LogP contribution in [-0.2, 0) is 4.79 Å². The van der Waals surface area contributed by atoms with Gasteiger partial charge in [-0.2, -0.15) is 0 Å². The van der Waals surface area contributed by atoms with E-state index in [1.54, 1.807) is 29.2 Å². The van der Waals surface area contributed by atoms with Crippen molar-refractivity contribution in [1.29, 1.82) is 5.41 Å². The number of amidine groups is 1. The van der Waals surface area contributed by atoms with Gasteiger partial charge in [0.15, 0.2) is 0 Å². The van der Waals surface area contributed by atoms with Gasteiger partial charge >= 0.3 is 0 Å². The highest BCUT2D eigenvalue weighted by Gasteiger charge is 2.51. The highest BCUT2D eigenvalue weighted by atomic mass is 16.2. The molecule has 2 aromatic rings. The number of carbonyl (C=O) groups is 2. The summed E-state index contributed by atoms with van der Waals surface area (Å²) in [5.41, 5.74) is 7.53. The second-order valence-electron chi connectivity index (χ2n) is 10.5. The van der Waals surface area contributed by atoms with Crippen LogP contribution in [0.3, 0.4) is 0 Å². The maximum Gasteiger partial charge on any atom is 0.254 e. The number of nitrogens with two attached hydrogens (primary N) is 1. The van der Waals surface area contributed by atoms with Crippen LogP contribution in [0.2, 0.25) is 0 Å². The molecular formula is C27H32N4O2. The summed E-state index contributed by atoms with van der Waals surface area (Å²) in [5, 5.41) is 10.4. The second-order valence-corrected chi connectivity index (χ2v) is 10.5. The Balaban J connectivity index is 1.33. The first kappa shape index (κ1) is 21.7. The van der Waals surface area contributed by atoms with Crippen molar-refractivity contribution in [2.45, 2.75) is 38.5 Å². The van der Waals surface area contributed by atoms with Crippen molar-refractivity contribution in [3.63, 3.8) is 0 Å². The van der Waals surface area contributed by atoms with Crippen molar-refractivity contribution in [2.24, 2.45) is 28.9 Å². The molecule has 6 heteroatoms. The monoisotopic (exact) mass is 444 g/mol. The summed E-state index contributed by atoms with van der Waals surface area (Å²) in [5.74, 6) is 2.08. The highest BCUT2D eigenvalue weighted by Crippen LogP contribution is 2.60. The number of nitrogens with zero attached hydrogens (tertiary/aromatic N) is 1. The van der Waals surface area contributed by atoms with Crippen molar-refractivity contribution >= 4 is 23.3 Å². The summed E-state index contributed by atoms with van der Waals surface area (Å²) in [7, 11) is 0. The molecule has 4 N–H and O–H groups in total. The third-order valence-electron chi connectivity index (χ3n) is 7.81. The Kier molecular flexibility index (Phi) is 5.69. The van der Waals surface area contributed by atoms with Gasteiger partial charge in [0.2, 0.25) is 5.91 Å². The summed E-state index contributed by atoms with van der Waals surface area (Å²) < 4.78 is 0. The number of rotatable bonds is 7. The summed E-state index contributed by atoms with van der Waals surface area (Å²) in [6.07, 6.45) is 7.61. The smallest absolute Gasteiger partial charge is 0.254 e. The van der Waals surface area contributed by atoms with E-state index in [0.717, 1.165) is 17.8 Å². The molecule has 0 unspecified atom stereocenters. The van der Waals surface area contributed by atoms with Gasteiger partial charge in [-0.3, -0.25) is 15.0 Å². The van der Waals surface area contributed by atoms with E-state index in [4.69, 9.17) is 11.1 Å². The van der Waals surface area contributed by atoms with E-state index in [9.17, 15) is 9.59 Å². The molecule has 0 saturated heterocycles. The molecule has 33 heavy (non-hydrogen) atoms. The fourth-order valence-corrected chi connectivity index (χ4v) is 6.96. The molecule has 4 aliphatic carbocycles. The Morgan fingerprint density at radius 1 is 0.909 bits per heavy atom. The molecule has 4 bridgehead atoms. The zero-order valence-corrected chi connectivity index (χ0v) is 18.9. The standard InChI is InChI=1S/C27H32N4O2/c28-25(29)21-6-8-23(9-7-21)30-24(32)16-31(26(33)22-4-2-1-3-5-22)17-27-13-18-10-19(14-27)12-20(11-18)15-27/h1-9,18-20H,10-17H2,(H3,28,29)(H,30,32). The van der Waals surface area contributed by atoms with Crippen LogP contribution < -0.4 is 11.1 Å². The number of anilines is 1. The van der Waals surface area contributed by atoms with Crippen LogP contribution >= 0.6 is 0 Å². The summed E-state index contributed by atoms with van der Waals surface area (Å²) in [4.78, 5) is 28.3. The van der Waals surface area contributed by atoms with E-state index in [2.05, 4.69) is 5.32 Å². The summed E-state index contributed by atoms with van der Waals surface area (Å²) in [6, 6.07) is 16.2. The van der Waals surface area contributed by atoms with Gasteiger partial charge in [0.25, 0.3) is 5.91 Å². The van der Waals surface area contributed by atoms with E-state index in [1.165, 1.54) is 38.5 Å². The molecule has 0 heterocycles. The lowest BCUT2D eigenvalue weighted by Gasteiger charge is -2.57. The lowest BCUT2D eigenvalue weighted by Crippen LogP contribution is -2.53. The van der Waals surface area contributed by atoms with E-state index < -0.39 is 0 Å². The van der Waals surface area contributed by atoms with Gasteiger partial charge in [-0.1, -0.05) is 18.2 Å². The van der Waals surface area contributed by atoms with Crippen molar-refractivity contribution < 1.29 is 9.59 Å². The number of nitrogens with one attached hydrogen (secondary N) is 2. The average molecular weight is 445 g/mol. The van der Waals surface area contributed by atoms with Crippen molar-refractivity contribution in [3.05, 3.63) is 65.7 Å². The van der Waals surface area contributed by atoms with Crippen molar-refractivity contribution in [3.8, 4) is 0 Å². The Labute approximate surface area is 195 Å². The summed E-state index contributed by atoms with van der Waals surface area (Å²) >= 11 is 0. The van der Waals surface area contributed by atoms with Gasteiger partial charge in [0, 0.05) is 23.4 Å². The van der Waals surface area contributed by atoms with Crippen LogP contribution in [-0.4, -0.2) is 35.6 Å². The Hall–Kier alpha value is -3.15. The third kappa shape index (κ3) is 4.65. The fourth-order valence-electron chi connectivity index (χ4n) is 6.96. The average Bonchev–Trinajstić information content (AvgIpc) is 2.78. The van der Waals surface area contributed by atoms with Crippen LogP contribution in [0, 0.1) is 28.6 Å². The maximum absolute atomic E-state index is 13.5. The molecular weight excluding hydrogens is 412 g/mol. The molecule has 0 aromatic heterocycles. The zero-order valence-electron chi connectivity index (χ0n) is 18.9. The molecule has 0 atom stereocenters. The summed E-state index contributed by atoms with van der Waals surface area (Å²) in [6.45, 7) is 0.685. The van der Waals surface area contributed by atoms with Gasteiger partial charge < -0.3 is 16.0 Å². The predicted molar refractivity (Wildman–Crippen MR) is 129 cm³/mol. The van der Waals surface area contributed by atoms with Gasteiger partial charge in [0.1, 0.15) is 12.4 Å². The minimum Gasteiger partial charge on any atom is -0.384 e. The largest absolute Gasteiger partial charge is 0.384 e. The van der Waals surface area contributed by atoms with Crippen LogP contribution in [0.1, 0.15) is 54.4 Å². The van der Waals surface area contributed by atoms with Crippen LogP contribution in [0.5, 0.6) is 0 Å². The van der Waals surface area contributed by atoms with E-state index in [-0.39, 0.29) is 29.6 Å². The highest BCUT2D eigenvalue weighted by molar-refractivity contribution is 6.00. The molecule has 6 nitrogen and oxygen atoms in total. The van der Waals surface area contributed by atoms with Gasteiger partial charge in [0.05, 0.1) is 0 Å². The molecule has 4 aliphatic rings. The van der Waals surface area contributed by atoms with Crippen LogP contribution in [0.4, 0.5) is 5.69 Å². The van der Waals surface area contributed by atoms with Crippen molar-refractivity contribution in [2.75, 3.05) is 18.4 Å². The molecule has 4 fully saturated rings. The Morgan fingerprint density at radius 3 is 2.03 bits per heavy atom. The van der Waals surface area contributed by atoms with E-state index in [1.807, 2.05) is 30.3 Å². The molecule has 172 valence electrons. The predicted octanol–water partition coefficient (Wildman–Crippen LogP) is 4.27. The number of hydrogen-bond acceptors (Lipinski definition) is 3. The number of nitrogen functional groups attached to an aromatic ring is 1. The normalized spacial score (nSPS) is 27.2. The molecule has 2 amide bonds. The molecule has 4 saturated carbocycles. The molecule has 0 aliphatic heterocycles. The minimum absolute atomic E-state index is 0.0110. The van der Waals surface area contributed by atoms with Gasteiger partial charge in [-0.05, 0) is 98.1 Å².